The Hall–Kier alpha value is -4.15. The minimum absolute atomic E-state index is 0.00691. The van der Waals surface area contributed by atoms with Crippen molar-refractivity contribution in [3.8, 4) is 16.9 Å². The molecule has 3 aromatic heterocycles. The molecule has 0 saturated heterocycles. The Kier molecular flexibility index (Phi) is 6.59. The number of carbonyl (C=O) groups is 1. The lowest BCUT2D eigenvalue weighted by Crippen LogP contribution is -2.41. The minimum Gasteiger partial charge on any atom is -0.497 e. The maximum atomic E-state index is 14.2. The number of hydrogen-bond acceptors (Lipinski definition) is 5. The third-order valence-corrected chi connectivity index (χ3v) is 7.67. The molecule has 0 unspecified atom stereocenters. The summed E-state index contributed by atoms with van der Waals surface area (Å²) in [6.07, 6.45) is 5.92. The second kappa shape index (κ2) is 10.1. The normalized spacial score (nSPS) is 16.2. The van der Waals surface area contributed by atoms with Gasteiger partial charge in [0.1, 0.15) is 5.75 Å². The Bertz CT molecular complexity index is 1540. The van der Waals surface area contributed by atoms with E-state index in [4.69, 9.17) is 4.74 Å². The van der Waals surface area contributed by atoms with Crippen molar-refractivity contribution in [2.45, 2.75) is 51.5 Å². The summed E-state index contributed by atoms with van der Waals surface area (Å²) in [6, 6.07) is 6.97. The van der Waals surface area contributed by atoms with Crippen LogP contribution in [-0.2, 0) is 25.7 Å². The van der Waals surface area contributed by atoms with Crippen LogP contribution in [0.1, 0.15) is 58.7 Å². The van der Waals surface area contributed by atoms with Gasteiger partial charge in [-0.3, -0.25) is 14.5 Å². The van der Waals surface area contributed by atoms with Gasteiger partial charge in [-0.05, 0) is 67.0 Å². The molecule has 11 heteroatoms. The highest BCUT2D eigenvalue weighted by molar-refractivity contribution is 5.99. The van der Waals surface area contributed by atoms with Gasteiger partial charge in [0.05, 0.1) is 25.2 Å². The van der Waals surface area contributed by atoms with Gasteiger partial charge in [0.25, 0.3) is 5.91 Å². The first-order valence-corrected chi connectivity index (χ1v) is 13.3. The SMILES string of the molecule is CCn1cc(-c2cc(Cn3ccnc3)cc3c2CCN([C@@H](c2cc(OC)ccn2)C2CC2)C3=O)c(C(F)(F)F)n1. The summed E-state index contributed by atoms with van der Waals surface area (Å²) in [5.74, 6) is 0.740. The zero-order valence-corrected chi connectivity index (χ0v) is 22.2. The number of methoxy groups -OCH3 is 1. The number of hydrogen-bond donors (Lipinski definition) is 0. The molecular weight excluding hydrogens is 521 g/mol. The second-order valence-corrected chi connectivity index (χ2v) is 10.3. The van der Waals surface area contributed by atoms with Gasteiger partial charge in [-0.15, -0.1) is 0 Å². The molecule has 40 heavy (non-hydrogen) atoms. The number of amides is 1. The highest BCUT2D eigenvalue weighted by Gasteiger charge is 2.43. The Morgan fingerprint density at radius 2 is 1.93 bits per heavy atom. The van der Waals surface area contributed by atoms with Crippen molar-refractivity contribution in [3.63, 3.8) is 0 Å². The first-order valence-electron chi connectivity index (χ1n) is 13.3. The predicted molar refractivity (Wildman–Crippen MR) is 141 cm³/mol. The number of carbonyl (C=O) groups excluding carboxylic acids is 1. The summed E-state index contributed by atoms with van der Waals surface area (Å²) in [7, 11) is 1.59. The fourth-order valence-corrected chi connectivity index (χ4v) is 5.64. The van der Waals surface area contributed by atoms with E-state index in [9.17, 15) is 18.0 Å². The average molecular weight is 551 g/mol. The van der Waals surface area contributed by atoms with Crippen molar-refractivity contribution in [2.75, 3.05) is 13.7 Å². The largest absolute Gasteiger partial charge is 0.497 e. The average Bonchev–Trinajstić information content (AvgIpc) is 3.44. The Labute approximate surface area is 229 Å². The molecular formula is C29H29F3N6O2. The molecule has 0 bridgehead atoms. The van der Waals surface area contributed by atoms with E-state index in [-0.39, 0.29) is 23.4 Å². The van der Waals surface area contributed by atoms with Gasteiger partial charge in [0.2, 0.25) is 0 Å². The van der Waals surface area contributed by atoms with Gasteiger partial charge in [0, 0.05) is 61.6 Å². The summed E-state index contributed by atoms with van der Waals surface area (Å²) in [5, 5.41) is 3.84. The van der Waals surface area contributed by atoms with Crippen LogP contribution in [0.2, 0.25) is 0 Å². The molecule has 0 N–H and O–H groups in total. The summed E-state index contributed by atoms with van der Waals surface area (Å²) in [6.45, 7) is 2.78. The van der Waals surface area contributed by atoms with E-state index in [1.165, 1.54) is 10.9 Å². The first kappa shape index (κ1) is 26.1. The number of alkyl halides is 3. The zero-order chi connectivity index (χ0) is 28.0. The van der Waals surface area contributed by atoms with Crippen LogP contribution in [0, 0.1) is 5.92 Å². The van der Waals surface area contributed by atoms with Crippen molar-refractivity contribution in [1.82, 2.24) is 29.2 Å². The highest BCUT2D eigenvalue weighted by Crippen LogP contribution is 2.47. The molecule has 1 aliphatic heterocycles. The van der Waals surface area contributed by atoms with E-state index in [1.807, 2.05) is 21.6 Å². The standard InChI is InChI=1S/C29H29F3N6O2/c1-3-37-16-24(27(35-37)29(30,31)32)22-12-18(15-36-11-9-33-17-36)13-23-21(22)7-10-38(28(23)39)26(19-4-5-19)25-14-20(40-2)6-8-34-25/h6,8-9,11-14,16-17,19,26H,3-5,7,10,15H2,1-2H3/t26-/m1/s1. The maximum Gasteiger partial charge on any atom is 0.435 e. The van der Waals surface area contributed by atoms with Crippen LogP contribution < -0.4 is 4.74 Å². The molecule has 6 rings (SSSR count). The number of fused-ring (bicyclic) bond motifs is 1. The monoisotopic (exact) mass is 550 g/mol. The van der Waals surface area contributed by atoms with E-state index < -0.39 is 11.9 Å². The number of ether oxygens (including phenoxy) is 1. The van der Waals surface area contributed by atoms with Crippen molar-refractivity contribution in [2.24, 2.45) is 5.92 Å². The van der Waals surface area contributed by atoms with Gasteiger partial charge in [-0.1, -0.05) is 0 Å². The van der Waals surface area contributed by atoms with Crippen LogP contribution >= 0.6 is 0 Å². The van der Waals surface area contributed by atoms with E-state index in [1.54, 1.807) is 51.1 Å². The summed E-state index contributed by atoms with van der Waals surface area (Å²) >= 11 is 0. The van der Waals surface area contributed by atoms with Gasteiger partial charge in [0.15, 0.2) is 5.69 Å². The number of benzene rings is 1. The number of aromatic nitrogens is 5. The highest BCUT2D eigenvalue weighted by atomic mass is 19.4. The quantitative estimate of drug-likeness (QED) is 0.294. The van der Waals surface area contributed by atoms with E-state index in [0.29, 0.717) is 54.1 Å². The lowest BCUT2D eigenvalue weighted by molar-refractivity contribution is -0.141. The molecule has 4 aromatic rings. The summed E-state index contributed by atoms with van der Waals surface area (Å²) in [4.78, 5) is 24.7. The number of halogens is 3. The lowest BCUT2D eigenvalue weighted by atomic mass is 9.87. The fourth-order valence-electron chi connectivity index (χ4n) is 5.64. The van der Waals surface area contributed by atoms with Crippen LogP contribution in [0.3, 0.4) is 0 Å². The third kappa shape index (κ3) is 4.84. The molecule has 0 spiro atoms. The Balaban J connectivity index is 1.47. The summed E-state index contributed by atoms with van der Waals surface area (Å²) in [5.41, 5.74) is 1.96. The van der Waals surface area contributed by atoms with Gasteiger partial charge >= 0.3 is 6.18 Å². The molecule has 1 amide bonds. The van der Waals surface area contributed by atoms with E-state index >= 15 is 0 Å². The Morgan fingerprint density at radius 1 is 1.12 bits per heavy atom. The molecule has 0 radical (unpaired) electrons. The summed E-state index contributed by atoms with van der Waals surface area (Å²) < 4.78 is 50.9. The molecule has 4 heterocycles. The number of rotatable bonds is 8. The molecule has 208 valence electrons. The molecule has 1 atom stereocenters. The van der Waals surface area contributed by atoms with E-state index in [2.05, 4.69) is 15.1 Å². The maximum absolute atomic E-state index is 14.2. The van der Waals surface area contributed by atoms with E-state index in [0.717, 1.165) is 18.5 Å². The second-order valence-electron chi connectivity index (χ2n) is 10.3. The van der Waals surface area contributed by atoms with Crippen molar-refractivity contribution in [3.05, 3.63) is 83.5 Å². The molecule has 1 fully saturated rings. The van der Waals surface area contributed by atoms with Crippen LogP contribution in [0.25, 0.3) is 11.1 Å². The molecule has 8 nitrogen and oxygen atoms in total. The van der Waals surface area contributed by atoms with Crippen LogP contribution in [0.5, 0.6) is 5.75 Å². The number of pyridine rings is 1. The van der Waals surface area contributed by atoms with Crippen LogP contribution in [-0.4, -0.2) is 48.8 Å². The third-order valence-electron chi connectivity index (χ3n) is 7.67. The topological polar surface area (TPSA) is 78.1 Å². The molecule has 1 aromatic carbocycles. The van der Waals surface area contributed by atoms with Crippen LogP contribution in [0.15, 0.2) is 55.4 Å². The van der Waals surface area contributed by atoms with Crippen LogP contribution in [0.4, 0.5) is 13.2 Å². The minimum atomic E-state index is -4.64. The number of nitrogens with zero attached hydrogens (tertiary/aromatic N) is 6. The number of aryl methyl sites for hydroxylation is 1. The Morgan fingerprint density at radius 3 is 2.60 bits per heavy atom. The molecule has 1 saturated carbocycles. The number of imidazole rings is 1. The van der Waals surface area contributed by atoms with Crippen molar-refractivity contribution < 1.29 is 22.7 Å². The van der Waals surface area contributed by atoms with Gasteiger partial charge in [-0.2, -0.15) is 18.3 Å². The fraction of sp³-hybridized carbons (Fsp3) is 0.379. The molecule has 1 aliphatic carbocycles. The lowest BCUT2D eigenvalue weighted by Gasteiger charge is -2.36. The van der Waals surface area contributed by atoms with Gasteiger partial charge < -0.3 is 14.2 Å². The molecule has 2 aliphatic rings. The zero-order valence-electron chi connectivity index (χ0n) is 22.2. The van der Waals surface area contributed by atoms with Crippen molar-refractivity contribution >= 4 is 5.91 Å². The van der Waals surface area contributed by atoms with Gasteiger partial charge in [-0.25, -0.2) is 4.98 Å². The first-order chi connectivity index (χ1) is 19.3. The predicted octanol–water partition coefficient (Wildman–Crippen LogP) is 5.39. The smallest absolute Gasteiger partial charge is 0.435 e. The van der Waals surface area contributed by atoms with Crippen molar-refractivity contribution in [1.29, 1.82) is 0 Å².